The third kappa shape index (κ3) is 6.48. The van der Waals surface area contributed by atoms with Crippen LogP contribution in [0.25, 0.3) is 88.4 Å². The molecule has 2 aromatic heterocycles. The van der Waals surface area contributed by atoms with E-state index in [1.54, 1.807) is 69.8 Å². The first-order chi connectivity index (χ1) is 30.9. The average molecular weight is 848 g/mol. The van der Waals surface area contributed by atoms with Gasteiger partial charge in [-0.25, -0.2) is 0 Å². The standard InChI is InChI=1S/C53H27F6N5/c54-52(55,56)38-17-20-43(44(27-38)53(57,58)59)51-49(63-45-13-3-1-11-39(45)41-18-15-36(25-47(41)63)34-9-5-7-31(21-34)28-60)23-33(30-62)24-50(51)64-46-14-4-2-12-40(46)42-19-16-37(26-48(42)64)35-10-6-8-32(22-35)29-61/h1-27H. The zero-order valence-corrected chi connectivity index (χ0v) is 33.1. The molecule has 10 rings (SSSR count). The number of hydrogen-bond acceptors (Lipinski definition) is 3. The van der Waals surface area contributed by atoms with Crippen LogP contribution in [0, 0.1) is 34.0 Å². The van der Waals surface area contributed by atoms with E-state index >= 15 is 13.2 Å². The highest BCUT2D eigenvalue weighted by Crippen LogP contribution is 2.48. The van der Waals surface area contributed by atoms with Gasteiger partial charge in [-0.2, -0.15) is 42.1 Å². The molecule has 0 saturated heterocycles. The van der Waals surface area contributed by atoms with E-state index in [9.17, 15) is 29.0 Å². The number of benzene rings is 8. The van der Waals surface area contributed by atoms with Gasteiger partial charge < -0.3 is 9.13 Å². The van der Waals surface area contributed by atoms with Gasteiger partial charge in [0.1, 0.15) is 0 Å². The van der Waals surface area contributed by atoms with Crippen LogP contribution in [-0.2, 0) is 12.4 Å². The zero-order chi connectivity index (χ0) is 44.5. The molecule has 0 saturated carbocycles. The van der Waals surface area contributed by atoms with Crippen LogP contribution in [0.2, 0.25) is 0 Å². The summed E-state index contributed by atoms with van der Waals surface area (Å²) < 4.78 is 93.0. The van der Waals surface area contributed by atoms with Crippen LogP contribution in [-0.4, -0.2) is 9.13 Å². The molecule has 306 valence electrons. The van der Waals surface area contributed by atoms with Crippen molar-refractivity contribution in [3.63, 3.8) is 0 Å². The van der Waals surface area contributed by atoms with E-state index in [1.807, 2.05) is 72.8 Å². The first-order valence-electron chi connectivity index (χ1n) is 19.8. The number of aromatic nitrogens is 2. The monoisotopic (exact) mass is 847 g/mol. The van der Waals surface area contributed by atoms with Gasteiger partial charge in [0.2, 0.25) is 0 Å². The van der Waals surface area contributed by atoms with E-state index in [0.717, 1.165) is 27.6 Å². The van der Waals surface area contributed by atoms with Gasteiger partial charge in [-0.3, -0.25) is 0 Å². The number of nitrogens with zero attached hydrogens (tertiary/aromatic N) is 5. The smallest absolute Gasteiger partial charge is 0.308 e. The van der Waals surface area contributed by atoms with Gasteiger partial charge in [-0.15, -0.1) is 0 Å². The molecular weight excluding hydrogens is 821 g/mol. The molecule has 0 atom stereocenters. The lowest BCUT2D eigenvalue weighted by Crippen LogP contribution is -2.14. The summed E-state index contributed by atoms with van der Waals surface area (Å²) >= 11 is 0. The van der Waals surface area contributed by atoms with Gasteiger partial charge in [0.15, 0.2) is 0 Å². The Kier molecular flexibility index (Phi) is 9.14. The Hall–Kier alpha value is -8.59. The van der Waals surface area contributed by atoms with Crippen molar-refractivity contribution in [1.29, 1.82) is 15.8 Å². The van der Waals surface area contributed by atoms with Crippen LogP contribution in [0.5, 0.6) is 0 Å². The fraction of sp³-hybridized carbons (Fsp3) is 0.0377. The summed E-state index contributed by atoms with van der Waals surface area (Å²) in [6, 6.07) is 50.8. The van der Waals surface area contributed by atoms with Crippen molar-refractivity contribution in [1.82, 2.24) is 9.13 Å². The Balaban J connectivity index is 1.40. The maximum Gasteiger partial charge on any atom is 0.417 e. The molecule has 5 nitrogen and oxygen atoms in total. The third-order valence-electron chi connectivity index (χ3n) is 11.6. The number of para-hydroxylation sites is 2. The predicted octanol–water partition coefficient (Wildman–Crippen LogP) is 14.5. The van der Waals surface area contributed by atoms with Crippen molar-refractivity contribution in [3.8, 4) is 63.0 Å². The fourth-order valence-corrected chi connectivity index (χ4v) is 8.83. The van der Waals surface area contributed by atoms with Gasteiger partial charge >= 0.3 is 12.4 Å². The average Bonchev–Trinajstić information content (AvgIpc) is 3.82. The molecule has 0 N–H and O–H groups in total. The molecule has 0 unspecified atom stereocenters. The fourth-order valence-electron chi connectivity index (χ4n) is 8.83. The third-order valence-corrected chi connectivity index (χ3v) is 11.6. The first kappa shape index (κ1) is 39.5. The minimum atomic E-state index is -5.27. The molecule has 0 aliphatic rings. The van der Waals surface area contributed by atoms with Gasteiger partial charge in [-0.1, -0.05) is 91.0 Å². The van der Waals surface area contributed by atoms with E-state index in [0.29, 0.717) is 61.5 Å². The van der Waals surface area contributed by atoms with Gasteiger partial charge in [0, 0.05) is 27.1 Å². The highest BCUT2D eigenvalue weighted by molar-refractivity contribution is 6.13. The Labute approximate surface area is 360 Å². The maximum absolute atomic E-state index is 15.5. The van der Waals surface area contributed by atoms with Crippen LogP contribution < -0.4 is 0 Å². The topological polar surface area (TPSA) is 81.2 Å². The van der Waals surface area contributed by atoms with E-state index in [1.165, 1.54) is 12.1 Å². The van der Waals surface area contributed by atoms with Crippen LogP contribution in [0.3, 0.4) is 0 Å². The second-order valence-electron chi connectivity index (χ2n) is 15.3. The predicted molar refractivity (Wildman–Crippen MR) is 236 cm³/mol. The minimum Gasteiger partial charge on any atom is -0.308 e. The lowest BCUT2D eigenvalue weighted by Gasteiger charge is -2.24. The molecule has 0 aliphatic heterocycles. The van der Waals surface area contributed by atoms with Gasteiger partial charge in [-0.05, 0) is 101 Å². The second-order valence-corrected chi connectivity index (χ2v) is 15.3. The second kappa shape index (κ2) is 14.8. The molecule has 2 heterocycles. The van der Waals surface area contributed by atoms with E-state index in [-0.39, 0.29) is 28.6 Å². The lowest BCUT2D eigenvalue weighted by atomic mass is 9.92. The molecule has 0 amide bonds. The quantitative estimate of drug-likeness (QED) is 0.162. The van der Waals surface area contributed by atoms with E-state index in [2.05, 4.69) is 18.2 Å². The summed E-state index contributed by atoms with van der Waals surface area (Å²) in [5.74, 6) is 0. The Morgan fingerprint density at radius 1 is 0.375 bits per heavy atom. The molecule has 11 heteroatoms. The van der Waals surface area contributed by atoms with E-state index in [4.69, 9.17) is 0 Å². The highest BCUT2D eigenvalue weighted by Gasteiger charge is 2.40. The summed E-state index contributed by atoms with van der Waals surface area (Å²) in [6.45, 7) is 0. The normalized spacial score (nSPS) is 11.9. The minimum absolute atomic E-state index is 0.0711. The van der Waals surface area contributed by atoms with Crippen molar-refractivity contribution in [3.05, 3.63) is 192 Å². The van der Waals surface area contributed by atoms with Crippen molar-refractivity contribution in [2.24, 2.45) is 0 Å². The number of rotatable bonds is 5. The number of halogens is 6. The summed E-state index contributed by atoms with van der Waals surface area (Å²) in [7, 11) is 0. The molecule has 64 heavy (non-hydrogen) atoms. The molecule has 0 radical (unpaired) electrons. The number of nitriles is 3. The summed E-state index contributed by atoms with van der Waals surface area (Å²) in [6.07, 6.45) is -10.4. The Morgan fingerprint density at radius 3 is 1.28 bits per heavy atom. The van der Waals surface area contributed by atoms with Crippen molar-refractivity contribution >= 4 is 43.6 Å². The molecule has 0 spiro atoms. The Bertz CT molecular complexity index is 3500. The van der Waals surface area contributed by atoms with Crippen LogP contribution >= 0.6 is 0 Å². The summed E-state index contributed by atoms with van der Waals surface area (Å²) in [5.41, 5.74) is 2.48. The highest BCUT2D eigenvalue weighted by atomic mass is 19.4. The van der Waals surface area contributed by atoms with Crippen LogP contribution in [0.1, 0.15) is 27.8 Å². The Morgan fingerprint density at radius 2 is 0.828 bits per heavy atom. The molecule has 8 aromatic carbocycles. The number of fused-ring (bicyclic) bond motifs is 6. The summed E-state index contributed by atoms with van der Waals surface area (Å²) in [4.78, 5) is 0. The van der Waals surface area contributed by atoms with Crippen LogP contribution in [0.15, 0.2) is 164 Å². The number of alkyl halides is 6. The lowest BCUT2D eigenvalue weighted by molar-refractivity contribution is -0.142. The van der Waals surface area contributed by atoms with E-state index < -0.39 is 29.0 Å². The molecule has 10 aromatic rings. The number of hydrogen-bond donors (Lipinski definition) is 0. The van der Waals surface area contributed by atoms with Crippen LogP contribution in [0.4, 0.5) is 26.3 Å². The largest absolute Gasteiger partial charge is 0.417 e. The zero-order valence-electron chi connectivity index (χ0n) is 33.1. The summed E-state index contributed by atoms with van der Waals surface area (Å²) in [5, 5.41) is 33.0. The molecule has 0 aliphatic carbocycles. The maximum atomic E-state index is 15.5. The molecule has 0 fully saturated rings. The van der Waals surface area contributed by atoms with Crippen molar-refractivity contribution < 1.29 is 26.3 Å². The molecular formula is C53H27F6N5. The van der Waals surface area contributed by atoms with Crippen molar-refractivity contribution in [2.45, 2.75) is 12.4 Å². The van der Waals surface area contributed by atoms with Gasteiger partial charge in [0.25, 0.3) is 0 Å². The molecule has 0 bridgehead atoms. The van der Waals surface area contributed by atoms with Gasteiger partial charge in [0.05, 0.1) is 79.5 Å². The first-order valence-corrected chi connectivity index (χ1v) is 19.8. The van der Waals surface area contributed by atoms with Crippen molar-refractivity contribution in [2.75, 3.05) is 0 Å². The SMILES string of the molecule is N#Cc1cccc(-c2ccc3c4ccccc4n(-c4cc(C#N)cc(-n5c6ccccc6c6ccc(-c7cccc(C#N)c7)cc65)c4-c4ccc(C(F)(F)F)cc4C(F)(F)F)c3c2)c1.